The molecule has 25 heavy (non-hydrogen) atoms. The van der Waals surface area contributed by atoms with Crippen molar-refractivity contribution in [1.29, 1.82) is 0 Å². The van der Waals surface area contributed by atoms with Gasteiger partial charge in [-0.3, -0.25) is 0 Å². The zero-order valence-electron chi connectivity index (χ0n) is 15.1. The Morgan fingerprint density at radius 2 is 0.600 bits per heavy atom. The van der Waals surface area contributed by atoms with Gasteiger partial charge in [0.05, 0.1) is 0 Å². The molecule has 10 heteroatoms. The molecule has 0 aromatic carbocycles. The first-order valence-corrected chi connectivity index (χ1v) is 9.79. The van der Waals surface area contributed by atoms with Gasteiger partial charge in [-0.15, -0.1) is 0 Å². The maximum Gasteiger partial charge on any atom is -1.00 e. The molecule has 0 saturated carbocycles. The van der Waals surface area contributed by atoms with Gasteiger partial charge in [0.15, 0.2) is 0 Å². The van der Waals surface area contributed by atoms with Gasteiger partial charge in [-0.05, 0) is 0 Å². The fourth-order valence-electron chi connectivity index (χ4n) is 2.46. The minimum absolute atomic E-state index is 0. The maximum atomic E-state index is 2.26. The molecule has 3 heterocycles. The van der Waals surface area contributed by atoms with E-state index in [9.17, 15) is 0 Å². The van der Waals surface area contributed by atoms with Crippen LogP contribution < -0.4 is 37.2 Å². The zero-order chi connectivity index (χ0) is 16.0. The normalized spacial score (nSPS) is 10.2. The number of imidazole rings is 3. The zero-order valence-corrected chi connectivity index (χ0v) is 19.2. The molecule has 0 atom stereocenters. The van der Waals surface area contributed by atoms with Crippen LogP contribution in [0.5, 0.6) is 0 Å². The minimum Gasteiger partial charge on any atom is -1.00 e. The molecule has 0 aliphatic carbocycles. The average Bonchev–Trinajstić information content (AvgIpc) is 3.08. The smallest absolute Gasteiger partial charge is 1.00 e. The number of halogens is 3. The van der Waals surface area contributed by atoms with Crippen LogP contribution >= 0.6 is 0 Å². The predicted molar refractivity (Wildman–Crippen MR) is 82.9 cm³/mol. The van der Waals surface area contributed by atoms with Gasteiger partial charge in [0.2, 0.25) is 0 Å². The Bertz CT molecular complexity index is 906. The summed E-state index contributed by atoms with van der Waals surface area (Å²) in [4.78, 5) is 0. The Hall–Kier alpha value is -0.253. The van der Waals surface area contributed by atoms with Crippen LogP contribution in [0.3, 0.4) is 0 Å². The van der Waals surface area contributed by atoms with Crippen molar-refractivity contribution in [2.75, 3.05) is 0 Å². The molecule has 0 N–H and O–H groups in total. The van der Waals surface area contributed by atoms with Crippen molar-refractivity contribution in [3.8, 4) is 0 Å². The average molecular weight is 562 g/mol. The summed E-state index contributed by atoms with van der Waals surface area (Å²) in [5.41, 5.74) is 0. The van der Waals surface area contributed by atoms with E-state index >= 15 is 0 Å². The van der Waals surface area contributed by atoms with Crippen LogP contribution in [0, 0.1) is 34.6 Å². The summed E-state index contributed by atoms with van der Waals surface area (Å²) in [5, 5.41) is 0. The third-order valence-corrected chi connectivity index (χ3v) is 9.89. The van der Waals surface area contributed by atoms with Crippen molar-refractivity contribution < 1.29 is 67.2 Å². The minimum atomic E-state index is -1.62. The summed E-state index contributed by atoms with van der Waals surface area (Å²) in [6.45, 7) is 0. The first-order valence-electron chi connectivity index (χ1n) is 7.01. The number of rotatable bonds is 0. The number of aromatic nitrogens is 6. The standard InChI is InChI=1S/3C5H8N2.3ClH.Er/c3*1-6-3-4-7(2)5-6;;;;/h3*3-4H,1-2H3;3*1H;/q;;;;;;+3/p-3. The largest absolute Gasteiger partial charge is 1.00 e. The van der Waals surface area contributed by atoms with Crippen molar-refractivity contribution >= 4 is 0 Å². The summed E-state index contributed by atoms with van der Waals surface area (Å²) >= 11 is -1.62. The van der Waals surface area contributed by atoms with Crippen molar-refractivity contribution in [2.45, 2.75) is 0 Å². The number of hydrogen-bond acceptors (Lipinski definition) is 0. The predicted octanol–water partition coefficient (Wildman–Crippen LogP) is -7.65. The second-order valence-corrected chi connectivity index (χ2v) is 9.34. The Morgan fingerprint density at radius 1 is 0.440 bits per heavy atom. The van der Waals surface area contributed by atoms with E-state index in [1.807, 2.05) is 0 Å². The summed E-state index contributed by atoms with van der Waals surface area (Å²) in [6, 6.07) is 0. The Balaban J connectivity index is 0.00000192. The van der Waals surface area contributed by atoms with E-state index in [-0.39, 0.29) is 37.2 Å². The van der Waals surface area contributed by atoms with Crippen molar-refractivity contribution in [2.24, 2.45) is 42.3 Å². The van der Waals surface area contributed by atoms with E-state index in [4.69, 9.17) is 0 Å². The number of hydrogen-bond donors (Lipinski definition) is 0. The summed E-state index contributed by atoms with van der Waals surface area (Å²) in [7, 11) is 12.8. The van der Waals surface area contributed by atoms with E-state index in [1.165, 1.54) is 4.65 Å². The van der Waals surface area contributed by atoms with Gasteiger partial charge in [0, 0.05) is 0 Å². The molecule has 0 saturated heterocycles. The van der Waals surface area contributed by atoms with Gasteiger partial charge >= 0.3 is 141 Å². The van der Waals surface area contributed by atoms with Crippen LogP contribution in [0.4, 0.5) is 0 Å². The monoisotopic (exact) mass is 559 g/mol. The summed E-state index contributed by atoms with van der Waals surface area (Å²) < 4.78 is 17.7. The van der Waals surface area contributed by atoms with Crippen molar-refractivity contribution in [3.63, 3.8) is 0 Å². The molecule has 3 rings (SSSR count). The molecule has 6 nitrogen and oxygen atoms in total. The first kappa shape index (κ1) is 24.7. The topological polar surface area (TPSA) is 29.6 Å². The summed E-state index contributed by atoms with van der Waals surface area (Å²) in [5.74, 6) is 0. The van der Waals surface area contributed by atoms with Crippen LogP contribution in [-0.4, -0.2) is 27.4 Å². The molecule has 0 radical (unpaired) electrons. The third-order valence-electron chi connectivity index (χ3n) is 3.49. The van der Waals surface area contributed by atoms with Gasteiger partial charge < -0.3 is 37.2 Å². The SMILES string of the molecule is Cn1ccn(C)[c]1=[Er+3](=[c]1n(C)ccn1C)=[c]1n(C)ccn1C.[Cl-].[Cl-].[Cl-]. The maximum absolute atomic E-state index is 2.26. The Kier molecular flexibility index (Phi) is 9.52. The number of nitrogens with zero attached hydrogens (tertiary/aromatic N) is 6. The number of aryl methyl sites for hydroxylation is 6. The summed E-state index contributed by atoms with van der Waals surface area (Å²) in [6.07, 6.45) is 12.8. The van der Waals surface area contributed by atoms with Crippen LogP contribution in [0.15, 0.2) is 37.2 Å². The third kappa shape index (κ3) is 4.36. The van der Waals surface area contributed by atoms with E-state index < -0.39 is 29.9 Å². The van der Waals surface area contributed by atoms with E-state index in [0.29, 0.717) is 0 Å². The molecule has 0 fully saturated rings. The molecule has 0 aliphatic heterocycles. The molecule has 3 aromatic rings. The van der Waals surface area contributed by atoms with Gasteiger partial charge in [-0.1, -0.05) is 0 Å². The van der Waals surface area contributed by atoms with E-state index in [2.05, 4.69) is 107 Å². The molecule has 0 unspecified atom stereocenters. The second kappa shape index (κ2) is 9.62. The molecular formula is C15H24Cl3ErN6. The van der Waals surface area contributed by atoms with Crippen molar-refractivity contribution in [3.05, 3.63) is 41.8 Å². The van der Waals surface area contributed by atoms with Gasteiger partial charge in [-0.25, -0.2) is 0 Å². The van der Waals surface area contributed by atoms with Crippen molar-refractivity contribution in [1.82, 2.24) is 27.4 Å². The van der Waals surface area contributed by atoms with E-state index in [1.54, 1.807) is 0 Å². The molecular weight excluding hydrogens is 538 g/mol. The molecule has 0 aliphatic rings. The Labute approximate surface area is 177 Å². The molecule has 0 amide bonds. The molecule has 0 spiro atoms. The van der Waals surface area contributed by atoms with E-state index in [0.717, 1.165) is 0 Å². The van der Waals surface area contributed by atoms with Crippen LogP contribution in [0.2, 0.25) is 0 Å². The molecule has 147 valence electrons. The van der Waals surface area contributed by atoms with Gasteiger partial charge in [0.25, 0.3) is 0 Å². The first-order chi connectivity index (χ1) is 10.4. The Morgan fingerprint density at radius 3 is 0.760 bits per heavy atom. The molecule has 0 bridgehead atoms. The van der Waals surface area contributed by atoms with Crippen LogP contribution in [0.25, 0.3) is 0 Å². The van der Waals surface area contributed by atoms with Crippen LogP contribution in [-0.2, 0) is 42.3 Å². The fourth-order valence-corrected chi connectivity index (χ4v) is 8.32. The second-order valence-electron chi connectivity index (χ2n) is 5.46. The molecule has 3 aromatic heterocycles. The van der Waals surface area contributed by atoms with Gasteiger partial charge in [-0.2, -0.15) is 0 Å². The van der Waals surface area contributed by atoms with Crippen LogP contribution in [0.1, 0.15) is 0 Å². The van der Waals surface area contributed by atoms with Gasteiger partial charge in [0.1, 0.15) is 0 Å². The fraction of sp³-hybridized carbons (Fsp3) is 0.400. The quantitative estimate of drug-likeness (QED) is 0.261.